The summed E-state index contributed by atoms with van der Waals surface area (Å²) in [7, 11) is 1.61. The molecule has 0 aliphatic carbocycles. The normalized spacial score (nSPS) is 21.2. The largest absolute Gasteiger partial charge is 0.381 e. The van der Waals surface area contributed by atoms with Gasteiger partial charge < -0.3 is 25.4 Å². The van der Waals surface area contributed by atoms with Crippen molar-refractivity contribution in [2.24, 2.45) is 11.8 Å². The molecule has 0 spiro atoms. The lowest BCUT2D eigenvalue weighted by atomic mass is 9.97. The van der Waals surface area contributed by atoms with Crippen LogP contribution < -0.4 is 16.0 Å². The maximum Gasteiger partial charge on any atom is 0.232 e. The third-order valence-corrected chi connectivity index (χ3v) is 6.81. The van der Waals surface area contributed by atoms with Crippen molar-refractivity contribution in [3.8, 4) is 11.3 Å². The number of methoxy groups -OCH3 is 1. The highest BCUT2D eigenvalue weighted by Gasteiger charge is 2.33. The molecule has 2 atom stereocenters. The number of ether oxygens (including phenoxy) is 2. The first-order valence-electron chi connectivity index (χ1n) is 11.2. The number of hydrogen-bond acceptors (Lipinski definition) is 7. The van der Waals surface area contributed by atoms with E-state index in [1.165, 1.54) is 6.20 Å². The van der Waals surface area contributed by atoms with E-state index < -0.39 is 0 Å². The molecule has 2 saturated heterocycles. The van der Waals surface area contributed by atoms with Crippen LogP contribution >= 0.6 is 23.2 Å². The minimum absolute atomic E-state index is 0.157. The van der Waals surface area contributed by atoms with Gasteiger partial charge in [0.15, 0.2) is 0 Å². The van der Waals surface area contributed by atoms with Gasteiger partial charge in [0.1, 0.15) is 11.6 Å². The molecule has 0 saturated carbocycles. The average molecular weight is 494 g/mol. The first kappa shape index (κ1) is 24.2. The van der Waals surface area contributed by atoms with Gasteiger partial charge in [0.05, 0.1) is 27.8 Å². The van der Waals surface area contributed by atoms with E-state index in [0.29, 0.717) is 46.1 Å². The van der Waals surface area contributed by atoms with Crippen LogP contribution in [0.4, 0.5) is 11.6 Å². The Kier molecular flexibility index (Phi) is 8.38. The Bertz CT molecular complexity index is 971. The van der Waals surface area contributed by atoms with Crippen LogP contribution in [-0.2, 0) is 14.3 Å². The van der Waals surface area contributed by atoms with E-state index >= 15 is 0 Å². The lowest BCUT2D eigenvalue weighted by Gasteiger charge is -2.22. The number of hydrogen-bond donors (Lipinski definition) is 3. The summed E-state index contributed by atoms with van der Waals surface area (Å²) in [5.41, 5.74) is 1.14. The zero-order chi connectivity index (χ0) is 23.2. The highest BCUT2D eigenvalue weighted by molar-refractivity contribution is 6.36. The molecule has 10 heteroatoms. The standard InChI is InChI=1S/C23H29Cl2N5O3/c1-32-19-13-26-11-16(19)23(31)30-21-10-15(18(25)12-28-21)22-17(24)2-3-20(29-22)27-7-4-14-5-8-33-9-6-14/h2-3,10,12,14,16,19,26H,4-9,11,13H2,1H3,(H,27,29)(H,28,30,31)/t16-,19-/m0/s1. The van der Waals surface area contributed by atoms with Gasteiger partial charge in [-0.3, -0.25) is 4.79 Å². The average Bonchev–Trinajstić information content (AvgIpc) is 3.31. The summed E-state index contributed by atoms with van der Waals surface area (Å²) in [4.78, 5) is 21.7. The van der Waals surface area contributed by atoms with E-state index in [-0.39, 0.29) is 17.9 Å². The quantitative estimate of drug-likeness (QED) is 0.513. The van der Waals surface area contributed by atoms with E-state index in [1.54, 1.807) is 19.2 Å². The second-order valence-electron chi connectivity index (χ2n) is 8.38. The van der Waals surface area contributed by atoms with Crippen molar-refractivity contribution in [2.75, 3.05) is 50.6 Å². The van der Waals surface area contributed by atoms with Gasteiger partial charge in [-0.25, -0.2) is 9.97 Å². The number of nitrogens with zero attached hydrogens (tertiary/aromatic N) is 2. The van der Waals surface area contributed by atoms with Gasteiger partial charge >= 0.3 is 0 Å². The number of carbonyl (C=O) groups is 1. The zero-order valence-corrected chi connectivity index (χ0v) is 20.1. The monoisotopic (exact) mass is 493 g/mol. The number of rotatable bonds is 8. The van der Waals surface area contributed by atoms with Crippen LogP contribution in [0.15, 0.2) is 24.4 Å². The predicted molar refractivity (Wildman–Crippen MR) is 130 cm³/mol. The van der Waals surface area contributed by atoms with E-state index in [9.17, 15) is 4.79 Å². The number of aromatic nitrogens is 2. The van der Waals surface area contributed by atoms with Gasteiger partial charge in [-0.2, -0.15) is 0 Å². The fraction of sp³-hybridized carbons (Fsp3) is 0.522. The van der Waals surface area contributed by atoms with Crippen LogP contribution in [0.25, 0.3) is 11.3 Å². The van der Waals surface area contributed by atoms with Crippen molar-refractivity contribution in [3.63, 3.8) is 0 Å². The van der Waals surface area contributed by atoms with E-state index in [2.05, 4.69) is 25.9 Å². The van der Waals surface area contributed by atoms with Crippen LogP contribution in [-0.4, -0.2) is 61.9 Å². The topological polar surface area (TPSA) is 97.4 Å². The molecular weight excluding hydrogens is 465 g/mol. The number of anilines is 2. The third kappa shape index (κ3) is 6.13. The Morgan fingerprint density at radius 1 is 1.21 bits per heavy atom. The van der Waals surface area contributed by atoms with Crippen LogP contribution in [0.5, 0.6) is 0 Å². The Morgan fingerprint density at radius 2 is 2.03 bits per heavy atom. The predicted octanol–water partition coefficient (Wildman–Crippen LogP) is 3.85. The molecule has 0 aromatic carbocycles. The molecule has 8 nitrogen and oxygen atoms in total. The molecular formula is C23H29Cl2N5O3. The number of halogens is 2. The highest BCUT2D eigenvalue weighted by atomic mass is 35.5. The van der Waals surface area contributed by atoms with E-state index in [1.807, 2.05) is 6.07 Å². The lowest BCUT2D eigenvalue weighted by molar-refractivity contribution is -0.122. The van der Waals surface area contributed by atoms with Gasteiger partial charge in [-0.05, 0) is 43.4 Å². The zero-order valence-electron chi connectivity index (χ0n) is 18.6. The second kappa shape index (κ2) is 11.4. The van der Waals surface area contributed by atoms with Crippen molar-refractivity contribution in [1.29, 1.82) is 0 Å². The SMILES string of the molecule is CO[C@H]1CNC[C@@H]1C(=O)Nc1cc(-c2nc(NCCC3CCOCC3)ccc2Cl)c(Cl)cn1. The fourth-order valence-electron chi connectivity index (χ4n) is 4.24. The van der Waals surface area contributed by atoms with Crippen LogP contribution in [0.2, 0.25) is 10.0 Å². The van der Waals surface area contributed by atoms with Crippen LogP contribution in [0.1, 0.15) is 19.3 Å². The van der Waals surface area contributed by atoms with Gasteiger partial charge in [0.25, 0.3) is 0 Å². The van der Waals surface area contributed by atoms with Crippen molar-refractivity contribution in [1.82, 2.24) is 15.3 Å². The molecule has 2 aromatic rings. The maximum atomic E-state index is 12.7. The maximum absolute atomic E-state index is 12.7. The lowest BCUT2D eigenvalue weighted by Crippen LogP contribution is -2.33. The molecule has 2 fully saturated rings. The fourth-order valence-corrected chi connectivity index (χ4v) is 4.64. The number of pyridine rings is 2. The molecule has 4 rings (SSSR count). The summed E-state index contributed by atoms with van der Waals surface area (Å²) >= 11 is 12.9. The Labute approximate surface area is 203 Å². The molecule has 2 aromatic heterocycles. The summed E-state index contributed by atoms with van der Waals surface area (Å²) in [5.74, 6) is 1.33. The minimum atomic E-state index is -0.291. The molecule has 33 heavy (non-hydrogen) atoms. The van der Waals surface area contributed by atoms with Gasteiger partial charge in [-0.1, -0.05) is 23.2 Å². The number of nitrogens with one attached hydrogen (secondary N) is 3. The Balaban J connectivity index is 1.46. The van der Waals surface area contributed by atoms with Gasteiger partial charge in [-0.15, -0.1) is 0 Å². The molecule has 0 unspecified atom stereocenters. The Morgan fingerprint density at radius 3 is 2.82 bits per heavy atom. The van der Waals surface area contributed by atoms with E-state index in [0.717, 1.165) is 44.8 Å². The molecule has 2 aliphatic heterocycles. The van der Waals surface area contributed by atoms with Crippen molar-refractivity contribution in [2.45, 2.75) is 25.4 Å². The summed E-state index contributed by atoms with van der Waals surface area (Å²) < 4.78 is 10.8. The first-order chi connectivity index (χ1) is 16.0. The van der Waals surface area contributed by atoms with Crippen LogP contribution in [0, 0.1) is 11.8 Å². The summed E-state index contributed by atoms with van der Waals surface area (Å²) in [5, 5.41) is 10.3. The first-order valence-corrected chi connectivity index (χ1v) is 12.0. The molecule has 1 amide bonds. The number of carbonyl (C=O) groups excluding carboxylic acids is 1. The summed E-state index contributed by atoms with van der Waals surface area (Å²) in [6.07, 6.45) is 4.59. The summed E-state index contributed by atoms with van der Waals surface area (Å²) in [6, 6.07) is 5.35. The van der Waals surface area contributed by atoms with Crippen molar-refractivity contribution < 1.29 is 14.3 Å². The molecule has 0 bridgehead atoms. The molecule has 178 valence electrons. The Hall–Kier alpha value is -1.97. The smallest absolute Gasteiger partial charge is 0.232 e. The van der Waals surface area contributed by atoms with E-state index in [4.69, 9.17) is 32.7 Å². The minimum Gasteiger partial charge on any atom is -0.381 e. The van der Waals surface area contributed by atoms with Crippen molar-refractivity contribution in [3.05, 3.63) is 34.4 Å². The number of amides is 1. The van der Waals surface area contributed by atoms with Crippen molar-refractivity contribution >= 4 is 40.7 Å². The molecule has 2 aliphatic rings. The highest BCUT2D eigenvalue weighted by Crippen LogP contribution is 2.34. The van der Waals surface area contributed by atoms with Crippen LogP contribution in [0.3, 0.4) is 0 Å². The molecule has 4 heterocycles. The molecule has 3 N–H and O–H groups in total. The van der Waals surface area contributed by atoms with Gasteiger partial charge in [0, 0.05) is 51.7 Å². The second-order valence-corrected chi connectivity index (χ2v) is 9.19. The summed E-state index contributed by atoms with van der Waals surface area (Å²) in [6.45, 7) is 3.70. The van der Waals surface area contributed by atoms with Gasteiger partial charge in [0.2, 0.25) is 5.91 Å². The molecule has 0 radical (unpaired) electrons. The third-order valence-electron chi connectivity index (χ3n) is 6.21.